The van der Waals surface area contributed by atoms with Crippen molar-refractivity contribution in [1.29, 1.82) is 0 Å². The lowest BCUT2D eigenvalue weighted by atomic mass is 9.85. The lowest BCUT2D eigenvalue weighted by Crippen LogP contribution is -2.58. The minimum atomic E-state index is 0.0392. The van der Waals surface area contributed by atoms with Crippen molar-refractivity contribution in [1.82, 2.24) is 9.80 Å². The lowest BCUT2D eigenvalue weighted by molar-refractivity contribution is -0.124. The van der Waals surface area contributed by atoms with Gasteiger partial charge in [-0.1, -0.05) is 15.9 Å². The molecule has 2 atom stereocenters. The molecule has 2 fully saturated rings. The molecule has 3 rings (SSSR count). The average molecular weight is 365 g/mol. The van der Waals surface area contributed by atoms with Crippen LogP contribution in [0.3, 0.4) is 0 Å². The summed E-state index contributed by atoms with van der Waals surface area (Å²) in [7, 11) is 1.87. The first kappa shape index (κ1) is 15.7. The van der Waals surface area contributed by atoms with Crippen molar-refractivity contribution in [3.8, 4) is 0 Å². The van der Waals surface area contributed by atoms with Crippen LogP contribution in [0.2, 0.25) is 0 Å². The summed E-state index contributed by atoms with van der Waals surface area (Å²) in [4.78, 5) is 28.7. The fraction of sp³-hybridized carbons (Fsp3) is 0.529. The van der Waals surface area contributed by atoms with Crippen LogP contribution < -0.4 is 0 Å². The first-order valence-electron chi connectivity index (χ1n) is 7.85. The van der Waals surface area contributed by atoms with Crippen molar-refractivity contribution >= 4 is 27.6 Å². The number of likely N-dealkylation sites (tertiary alicyclic amines) is 1. The monoisotopic (exact) mass is 364 g/mol. The summed E-state index contributed by atoms with van der Waals surface area (Å²) < 4.78 is 0.966. The molecule has 0 unspecified atom stereocenters. The van der Waals surface area contributed by atoms with E-state index in [0.29, 0.717) is 24.2 Å². The Morgan fingerprint density at radius 1 is 1.27 bits per heavy atom. The van der Waals surface area contributed by atoms with E-state index in [-0.39, 0.29) is 18.0 Å². The molecule has 0 bridgehead atoms. The molecule has 1 aromatic carbocycles. The van der Waals surface area contributed by atoms with Gasteiger partial charge in [0.05, 0.1) is 0 Å². The number of hydrogen-bond acceptors (Lipinski definition) is 3. The van der Waals surface area contributed by atoms with Crippen LogP contribution in [-0.4, -0.2) is 53.7 Å². The largest absolute Gasteiger partial charge is 0.337 e. The van der Waals surface area contributed by atoms with Gasteiger partial charge in [-0.15, -0.1) is 0 Å². The average Bonchev–Trinajstić information content (AvgIpc) is 2.45. The Morgan fingerprint density at radius 3 is 2.55 bits per heavy atom. The maximum Gasteiger partial charge on any atom is 0.253 e. The minimum absolute atomic E-state index is 0.0392. The zero-order valence-electron chi connectivity index (χ0n) is 12.8. The van der Waals surface area contributed by atoms with Gasteiger partial charge in [0.2, 0.25) is 0 Å². The first-order chi connectivity index (χ1) is 10.6. The highest BCUT2D eigenvalue weighted by Gasteiger charge is 2.39. The Balaban J connectivity index is 1.76. The number of amides is 1. The highest BCUT2D eigenvalue weighted by molar-refractivity contribution is 9.10. The Bertz CT molecular complexity index is 569. The van der Waals surface area contributed by atoms with Crippen LogP contribution in [0.4, 0.5) is 0 Å². The van der Waals surface area contributed by atoms with Crippen LogP contribution in [-0.2, 0) is 4.79 Å². The van der Waals surface area contributed by atoms with Gasteiger partial charge in [0.25, 0.3) is 5.91 Å². The maximum atomic E-state index is 12.7. The summed E-state index contributed by atoms with van der Waals surface area (Å²) in [5.41, 5.74) is 0.699. The van der Waals surface area contributed by atoms with Gasteiger partial charge in [-0.05, 0) is 50.2 Å². The number of hydrogen-bond donors (Lipinski definition) is 0. The fourth-order valence-electron chi connectivity index (χ4n) is 3.42. The third kappa shape index (κ3) is 3.10. The van der Waals surface area contributed by atoms with Crippen LogP contribution in [0.1, 0.15) is 36.0 Å². The number of benzene rings is 1. The van der Waals surface area contributed by atoms with Crippen molar-refractivity contribution in [2.45, 2.75) is 37.8 Å². The molecular weight excluding hydrogens is 344 g/mol. The van der Waals surface area contributed by atoms with Crippen molar-refractivity contribution in [2.24, 2.45) is 0 Å². The van der Waals surface area contributed by atoms with E-state index in [0.717, 1.165) is 24.0 Å². The Kier molecular flexibility index (Phi) is 4.64. The van der Waals surface area contributed by atoms with Gasteiger partial charge in [-0.25, -0.2) is 0 Å². The second-order valence-electron chi connectivity index (χ2n) is 6.23. The number of nitrogens with zero attached hydrogens (tertiary/aromatic N) is 2. The number of carbonyl (C=O) groups is 2. The number of Topliss-reactive ketones (excluding diaryl/α,β-unsaturated/α-hetero) is 1. The van der Waals surface area contributed by atoms with E-state index in [1.54, 1.807) is 0 Å². The van der Waals surface area contributed by atoms with Crippen LogP contribution in [0.5, 0.6) is 0 Å². The van der Waals surface area contributed by atoms with E-state index in [4.69, 9.17) is 0 Å². The molecule has 1 saturated carbocycles. The van der Waals surface area contributed by atoms with Crippen molar-refractivity contribution in [3.05, 3.63) is 34.3 Å². The zero-order chi connectivity index (χ0) is 15.7. The number of rotatable bonds is 3. The molecule has 0 aromatic heterocycles. The van der Waals surface area contributed by atoms with E-state index in [1.165, 1.54) is 6.42 Å². The molecular formula is C17H21BrN2O2. The van der Waals surface area contributed by atoms with Gasteiger partial charge in [-0.3, -0.25) is 14.5 Å². The molecule has 5 heteroatoms. The molecule has 1 amide bonds. The molecule has 1 aliphatic heterocycles. The zero-order valence-corrected chi connectivity index (χ0v) is 14.4. The number of halogens is 1. The molecule has 1 heterocycles. The van der Waals surface area contributed by atoms with Crippen molar-refractivity contribution < 1.29 is 9.59 Å². The van der Waals surface area contributed by atoms with Crippen molar-refractivity contribution in [3.63, 3.8) is 0 Å². The van der Waals surface area contributed by atoms with Crippen LogP contribution in [0.25, 0.3) is 0 Å². The van der Waals surface area contributed by atoms with Gasteiger partial charge in [0.1, 0.15) is 5.78 Å². The molecule has 118 valence electrons. The summed E-state index contributed by atoms with van der Waals surface area (Å²) in [5.74, 6) is 0.370. The highest BCUT2D eigenvalue weighted by Crippen LogP contribution is 2.28. The second-order valence-corrected chi connectivity index (χ2v) is 7.14. The second kappa shape index (κ2) is 6.50. The van der Waals surface area contributed by atoms with Gasteiger partial charge in [0.15, 0.2) is 0 Å². The van der Waals surface area contributed by atoms with Gasteiger partial charge < -0.3 is 4.90 Å². The SMILES string of the molecule is CN(C(=O)c1ccc(Br)cc1)[C@H]1CCC(=O)C[C@@H]1N1CCC1. The number of carbonyl (C=O) groups excluding carboxylic acids is 2. The Labute approximate surface area is 139 Å². The normalized spacial score (nSPS) is 25.6. The molecule has 0 N–H and O–H groups in total. The summed E-state index contributed by atoms with van der Waals surface area (Å²) in [6.07, 6.45) is 3.15. The molecule has 22 heavy (non-hydrogen) atoms. The number of likely N-dealkylation sites (N-methyl/N-ethyl adjacent to an activating group) is 1. The van der Waals surface area contributed by atoms with Gasteiger partial charge in [-0.2, -0.15) is 0 Å². The topological polar surface area (TPSA) is 40.6 Å². The predicted octanol–water partition coefficient (Wildman–Crippen LogP) is 2.72. The summed E-state index contributed by atoms with van der Waals surface area (Å²) in [5, 5.41) is 0. The van der Waals surface area contributed by atoms with E-state index < -0.39 is 0 Å². The van der Waals surface area contributed by atoms with E-state index in [2.05, 4.69) is 20.8 Å². The number of ketones is 1. The lowest BCUT2D eigenvalue weighted by Gasteiger charge is -2.47. The smallest absolute Gasteiger partial charge is 0.253 e. The van der Waals surface area contributed by atoms with Gasteiger partial charge >= 0.3 is 0 Å². The summed E-state index contributed by atoms with van der Waals surface area (Å²) in [6, 6.07) is 7.79. The third-order valence-corrected chi connectivity index (χ3v) is 5.40. The molecule has 1 aromatic rings. The van der Waals surface area contributed by atoms with Crippen LogP contribution in [0, 0.1) is 0 Å². The van der Waals surface area contributed by atoms with E-state index in [9.17, 15) is 9.59 Å². The first-order valence-corrected chi connectivity index (χ1v) is 8.64. The quantitative estimate of drug-likeness (QED) is 0.827. The summed E-state index contributed by atoms with van der Waals surface area (Å²) >= 11 is 3.39. The Morgan fingerprint density at radius 2 is 1.95 bits per heavy atom. The minimum Gasteiger partial charge on any atom is -0.337 e. The maximum absolute atomic E-state index is 12.7. The Hall–Kier alpha value is -1.20. The molecule has 0 radical (unpaired) electrons. The standard InChI is InChI=1S/C17H21BrN2O2/c1-19(17(22)12-3-5-13(18)6-4-12)15-8-7-14(21)11-16(15)20-9-2-10-20/h3-6,15-16H,2,7-11H2,1H3/t15-,16-/m0/s1. The molecule has 0 spiro atoms. The van der Waals surface area contributed by atoms with Crippen LogP contribution in [0.15, 0.2) is 28.7 Å². The third-order valence-electron chi connectivity index (χ3n) is 4.87. The highest BCUT2D eigenvalue weighted by atomic mass is 79.9. The van der Waals surface area contributed by atoms with E-state index in [1.807, 2.05) is 36.2 Å². The van der Waals surface area contributed by atoms with E-state index >= 15 is 0 Å². The van der Waals surface area contributed by atoms with Crippen LogP contribution >= 0.6 is 15.9 Å². The molecule has 1 aliphatic carbocycles. The predicted molar refractivity (Wildman–Crippen MR) is 88.9 cm³/mol. The van der Waals surface area contributed by atoms with Crippen molar-refractivity contribution in [2.75, 3.05) is 20.1 Å². The molecule has 2 aliphatic rings. The fourth-order valence-corrected chi connectivity index (χ4v) is 3.68. The molecule has 4 nitrogen and oxygen atoms in total. The molecule has 1 saturated heterocycles. The van der Waals surface area contributed by atoms with Gasteiger partial charge in [0, 0.05) is 42.0 Å². The summed E-state index contributed by atoms with van der Waals surface area (Å²) in [6.45, 7) is 2.10.